The van der Waals surface area contributed by atoms with Crippen molar-refractivity contribution in [1.82, 2.24) is 10.0 Å². The molecule has 1 rings (SSSR count). The van der Waals surface area contributed by atoms with Crippen molar-refractivity contribution >= 4 is 27.7 Å². The van der Waals surface area contributed by atoms with Gasteiger partial charge in [-0.25, -0.2) is 8.42 Å². The fourth-order valence-corrected chi connectivity index (χ4v) is 3.57. The summed E-state index contributed by atoms with van der Waals surface area (Å²) >= 11 is 1.35. The fraction of sp³-hybridized carbons (Fsp3) is 0.429. The van der Waals surface area contributed by atoms with Crippen LogP contribution in [0.3, 0.4) is 0 Å². The number of carbonyl (C=O) groups excluding carboxylic acids is 1. The van der Waals surface area contributed by atoms with Gasteiger partial charge in [-0.3, -0.25) is 4.79 Å². The molecule has 1 atom stereocenters. The molecule has 0 aliphatic heterocycles. The lowest BCUT2D eigenvalue weighted by atomic mass is 10.3. The van der Waals surface area contributed by atoms with Crippen LogP contribution in [-0.4, -0.2) is 46.0 Å². The molecule has 0 spiro atoms. The number of carbonyl (C=O) groups is 1. The maximum Gasteiger partial charge on any atom is 0.241 e. The zero-order valence-corrected chi connectivity index (χ0v) is 14.5. The summed E-state index contributed by atoms with van der Waals surface area (Å²) in [6, 6.07) is 6.88. The number of nitrogens with zero attached hydrogens (tertiary/aromatic N) is 1. The molecule has 0 aromatic heterocycles. The number of ether oxygens (including phenoxy) is 1. The Balaban J connectivity index is 2.84. The van der Waals surface area contributed by atoms with Gasteiger partial charge in [0, 0.05) is 12.3 Å². The molecule has 0 radical (unpaired) electrons. The van der Waals surface area contributed by atoms with Crippen molar-refractivity contribution in [2.45, 2.75) is 17.4 Å². The highest BCUT2D eigenvalue weighted by Gasteiger charge is 2.25. The summed E-state index contributed by atoms with van der Waals surface area (Å²) in [4.78, 5) is 12.1. The molecule has 0 aliphatic rings. The first-order valence-electron chi connectivity index (χ1n) is 6.74. The third-order valence-corrected chi connectivity index (χ3v) is 5.01. The lowest BCUT2D eigenvalue weighted by molar-refractivity contribution is -0.122. The second kappa shape index (κ2) is 9.39. The molecule has 7 nitrogen and oxygen atoms in total. The highest BCUT2D eigenvalue weighted by Crippen LogP contribution is 2.16. The normalized spacial score (nSPS) is 12.2. The number of benzene rings is 1. The van der Waals surface area contributed by atoms with Crippen LogP contribution in [0.1, 0.15) is 6.42 Å². The maximum atomic E-state index is 12.4. The van der Waals surface area contributed by atoms with Crippen molar-refractivity contribution in [3.63, 3.8) is 0 Å². The zero-order valence-electron chi connectivity index (χ0n) is 12.9. The summed E-state index contributed by atoms with van der Waals surface area (Å²) in [6.45, 7) is 0.185. The Labute approximate surface area is 140 Å². The standard InChI is InChI=1S/C14H19N3O4S2/c1-21-11-4-6-12(7-5-11)23(19,20)17-13(10-22-2)14(18)16-9-3-8-15/h4-7,13,17H,3,9-10H2,1-2H3,(H,16,18). The van der Waals surface area contributed by atoms with E-state index in [0.29, 0.717) is 5.75 Å². The first-order valence-corrected chi connectivity index (χ1v) is 9.62. The molecular formula is C14H19N3O4S2. The summed E-state index contributed by atoms with van der Waals surface area (Å²) in [5, 5.41) is 11.0. The Morgan fingerprint density at radius 3 is 2.57 bits per heavy atom. The van der Waals surface area contributed by atoms with E-state index >= 15 is 0 Å². The van der Waals surface area contributed by atoms with Crippen molar-refractivity contribution in [1.29, 1.82) is 5.26 Å². The van der Waals surface area contributed by atoms with E-state index < -0.39 is 22.0 Å². The van der Waals surface area contributed by atoms with Crippen molar-refractivity contribution in [2.24, 2.45) is 0 Å². The molecule has 2 N–H and O–H groups in total. The SMILES string of the molecule is COc1ccc(S(=O)(=O)NC(CSC)C(=O)NCCC#N)cc1. The van der Waals surface area contributed by atoms with E-state index in [1.807, 2.05) is 6.07 Å². The Morgan fingerprint density at radius 1 is 1.39 bits per heavy atom. The van der Waals surface area contributed by atoms with Crippen LogP contribution in [0.15, 0.2) is 29.2 Å². The number of thioether (sulfide) groups is 1. The molecule has 126 valence electrons. The largest absolute Gasteiger partial charge is 0.497 e. The van der Waals surface area contributed by atoms with E-state index in [1.54, 1.807) is 6.26 Å². The number of hydrogen-bond donors (Lipinski definition) is 2. The smallest absolute Gasteiger partial charge is 0.241 e. The van der Waals surface area contributed by atoms with Crippen LogP contribution >= 0.6 is 11.8 Å². The van der Waals surface area contributed by atoms with Crippen LogP contribution in [-0.2, 0) is 14.8 Å². The number of hydrogen-bond acceptors (Lipinski definition) is 6. The number of sulfonamides is 1. The highest BCUT2D eigenvalue weighted by molar-refractivity contribution is 7.98. The quantitative estimate of drug-likeness (QED) is 0.631. The third-order valence-electron chi connectivity index (χ3n) is 2.85. The van der Waals surface area contributed by atoms with Gasteiger partial charge in [0.15, 0.2) is 0 Å². The summed E-state index contributed by atoms with van der Waals surface area (Å²) in [5.41, 5.74) is 0. The molecule has 0 aliphatic carbocycles. The van der Waals surface area contributed by atoms with Crippen LogP contribution in [0.5, 0.6) is 5.75 Å². The minimum absolute atomic E-state index is 0.0502. The molecule has 1 aromatic carbocycles. The van der Waals surface area contributed by atoms with Gasteiger partial charge >= 0.3 is 0 Å². The molecule has 1 unspecified atom stereocenters. The Bertz CT molecular complexity index is 654. The summed E-state index contributed by atoms with van der Waals surface area (Å²) in [6.07, 6.45) is 1.94. The van der Waals surface area contributed by atoms with E-state index in [4.69, 9.17) is 10.00 Å². The predicted octanol–water partition coefficient (Wildman–Crippen LogP) is 0.735. The molecule has 0 saturated heterocycles. The molecule has 9 heteroatoms. The number of nitrogens with one attached hydrogen (secondary N) is 2. The van der Waals surface area contributed by atoms with Crippen molar-refractivity contribution in [2.75, 3.05) is 25.7 Å². The zero-order chi connectivity index (χ0) is 17.3. The molecule has 1 amide bonds. The predicted molar refractivity (Wildman–Crippen MR) is 88.7 cm³/mol. The molecule has 0 heterocycles. The van der Waals surface area contributed by atoms with Gasteiger partial charge in [0.05, 0.1) is 24.5 Å². The van der Waals surface area contributed by atoms with Gasteiger partial charge in [-0.2, -0.15) is 21.7 Å². The summed E-state index contributed by atoms with van der Waals surface area (Å²) in [7, 11) is -2.34. The lowest BCUT2D eigenvalue weighted by Gasteiger charge is -2.17. The molecular weight excluding hydrogens is 338 g/mol. The van der Waals surface area contributed by atoms with Crippen LogP contribution in [0.4, 0.5) is 0 Å². The number of amides is 1. The molecule has 23 heavy (non-hydrogen) atoms. The first-order chi connectivity index (χ1) is 10.9. The highest BCUT2D eigenvalue weighted by atomic mass is 32.2. The van der Waals surface area contributed by atoms with Crippen LogP contribution in [0, 0.1) is 11.3 Å². The monoisotopic (exact) mass is 357 g/mol. The summed E-state index contributed by atoms with van der Waals surface area (Å²) < 4.78 is 32.1. The Kier molecular flexibility index (Phi) is 7.88. The van der Waals surface area contributed by atoms with Crippen LogP contribution in [0.25, 0.3) is 0 Å². The third kappa shape index (κ3) is 6.09. The molecule has 0 saturated carbocycles. The van der Waals surface area contributed by atoms with E-state index in [1.165, 1.54) is 43.1 Å². The number of rotatable bonds is 9. The number of methoxy groups -OCH3 is 1. The average molecular weight is 357 g/mol. The Hall–Kier alpha value is -1.76. The Morgan fingerprint density at radius 2 is 2.04 bits per heavy atom. The van der Waals surface area contributed by atoms with Gasteiger partial charge in [-0.1, -0.05) is 0 Å². The topological polar surface area (TPSA) is 108 Å². The molecule has 1 aromatic rings. The van der Waals surface area contributed by atoms with Crippen molar-refractivity contribution in [3.05, 3.63) is 24.3 Å². The van der Waals surface area contributed by atoms with Gasteiger partial charge < -0.3 is 10.1 Å². The molecule has 0 bridgehead atoms. The van der Waals surface area contributed by atoms with Gasteiger partial charge in [-0.05, 0) is 30.5 Å². The van der Waals surface area contributed by atoms with Crippen molar-refractivity contribution < 1.29 is 17.9 Å². The molecule has 0 fully saturated rings. The average Bonchev–Trinajstić information content (AvgIpc) is 2.54. The lowest BCUT2D eigenvalue weighted by Crippen LogP contribution is -2.48. The van der Waals surface area contributed by atoms with Gasteiger partial charge in [0.2, 0.25) is 15.9 Å². The van der Waals surface area contributed by atoms with Crippen LogP contribution < -0.4 is 14.8 Å². The minimum atomic E-state index is -3.83. The van der Waals surface area contributed by atoms with Gasteiger partial charge in [0.25, 0.3) is 0 Å². The van der Waals surface area contributed by atoms with Gasteiger partial charge in [-0.15, -0.1) is 0 Å². The van der Waals surface area contributed by atoms with Gasteiger partial charge in [0.1, 0.15) is 11.8 Å². The fourth-order valence-electron chi connectivity index (χ4n) is 1.70. The van der Waals surface area contributed by atoms with E-state index in [-0.39, 0.29) is 23.6 Å². The minimum Gasteiger partial charge on any atom is -0.497 e. The second-order valence-corrected chi connectivity index (χ2v) is 7.13. The number of nitriles is 1. The summed E-state index contributed by atoms with van der Waals surface area (Å²) in [5.74, 6) is 0.374. The second-order valence-electron chi connectivity index (χ2n) is 4.50. The van der Waals surface area contributed by atoms with E-state index in [9.17, 15) is 13.2 Å². The van der Waals surface area contributed by atoms with E-state index in [0.717, 1.165) is 0 Å². The van der Waals surface area contributed by atoms with Crippen LogP contribution in [0.2, 0.25) is 0 Å². The van der Waals surface area contributed by atoms with E-state index in [2.05, 4.69) is 10.0 Å². The van der Waals surface area contributed by atoms with Crippen molar-refractivity contribution in [3.8, 4) is 11.8 Å². The maximum absolute atomic E-state index is 12.4. The first kappa shape index (κ1) is 19.3.